The number of alkyl carbamates (subject to hydrolysis) is 1. The highest BCUT2D eigenvalue weighted by Gasteiger charge is 2.31. The van der Waals surface area contributed by atoms with Gasteiger partial charge in [0.15, 0.2) is 0 Å². The molecule has 13 heteroatoms. The van der Waals surface area contributed by atoms with Gasteiger partial charge in [0.05, 0.1) is 5.41 Å². The molecule has 0 spiro atoms. The Morgan fingerprint density at radius 3 is 1.50 bits per heavy atom. The molecule has 11 nitrogen and oxygen atoms in total. The summed E-state index contributed by atoms with van der Waals surface area (Å²) in [7, 11) is -4.90. The number of benzene rings is 1. The number of nitrogens with one attached hydrogen (secondary N) is 4. The highest BCUT2D eigenvalue weighted by molar-refractivity contribution is 7.89. The Labute approximate surface area is 274 Å². The molecule has 4 amide bonds. The van der Waals surface area contributed by atoms with E-state index in [1.54, 1.807) is 0 Å². The average Bonchev–Trinajstić information content (AvgIpc) is 2.92. The monoisotopic (exact) mass is 668 g/mol. The van der Waals surface area contributed by atoms with Gasteiger partial charge >= 0.3 is 16.3 Å². The first-order chi connectivity index (χ1) is 21.4. The second kappa shape index (κ2) is 19.9. The van der Waals surface area contributed by atoms with Gasteiger partial charge in [0.1, 0.15) is 24.7 Å². The molecule has 0 aliphatic heterocycles. The van der Waals surface area contributed by atoms with Crippen LogP contribution in [0.4, 0.5) is 8.68 Å². The standard InChI is InChI=1S/C33H53FN4O7S/c1-21(2)16-26(14-15-46(34,43)44)35-30(39)27(17-22(3)4)36-31(40)28(18-23(5)6)37-32(41)29(19-24(7)8)38-33(42)45-20-25-12-10-9-11-13-25/h9-15,21-24,26-29H,16-20H2,1-8H3,(H,35,39)(H,36,40)(H,37,41)(H,38,42)/b15-14+/t26-,27+,28+,29+/m1/s1. The first kappa shape index (κ1) is 40.5. The zero-order valence-corrected chi connectivity index (χ0v) is 29.2. The van der Waals surface area contributed by atoms with Crippen molar-refractivity contribution >= 4 is 34.0 Å². The molecule has 0 aliphatic carbocycles. The van der Waals surface area contributed by atoms with Gasteiger partial charge < -0.3 is 26.0 Å². The Balaban J connectivity index is 3.11. The number of carbonyl (C=O) groups is 4. The minimum Gasteiger partial charge on any atom is -0.445 e. The van der Waals surface area contributed by atoms with Gasteiger partial charge in [-0.15, -0.1) is 3.89 Å². The summed E-state index contributed by atoms with van der Waals surface area (Å²) >= 11 is 0. The molecule has 1 aromatic rings. The molecular formula is C33H53FN4O7S. The summed E-state index contributed by atoms with van der Waals surface area (Å²) in [5, 5.41) is 11.3. The van der Waals surface area contributed by atoms with E-state index in [1.165, 1.54) is 0 Å². The minimum atomic E-state index is -4.90. The first-order valence-electron chi connectivity index (χ1n) is 15.9. The van der Waals surface area contributed by atoms with Crippen molar-refractivity contribution < 1.29 is 36.2 Å². The maximum absolute atomic E-state index is 13.6. The lowest BCUT2D eigenvalue weighted by molar-refractivity contribution is -0.133. The molecule has 0 saturated carbocycles. The molecular weight excluding hydrogens is 615 g/mol. The summed E-state index contributed by atoms with van der Waals surface area (Å²) in [5.41, 5.74) is 0.787. The molecule has 260 valence electrons. The zero-order valence-electron chi connectivity index (χ0n) is 28.3. The third-order valence-corrected chi connectivity index (χ3v) is 7.22. The smallest absolute Gasteiger partial charge is 0.408 e. The molecule has 0 saturated heterocycles. The number of rotatable bonds is 19. The van der Waals surface area contributed by atoms with Crippen LogP contribution < -0.4 is 21.3 Å². The molecule has 0 fully saturated rings. The highest BCUT2D eigenvalue weighted by Crippen LogP contribution is 2.13. The Bertz CT molecular complexity index is 1250. The largest absolute Gasteiger partial charge is 0.445 e. The lowest BCUT2D eigenvalue weighted by atomic mass is 9.98. The predicted molar refractivity (Wildman–Crippen MR) is 176 cm³/mol. The van der Waals surface area contributed by atoms with Gasteiger partial charge in [-0.25, -0.2) is 4.79 Å². The molecule has 0 aromatic heterocycles. The number of hydrogen-bond acceptors (Lipinski definition) is 7. The summed E-state index contributed by atoms with van der Waals surface area (Å²) < 4.78 is 40.6. The van der Waals surface area contributed by atoms with Gasteiger partial charge in [0, 0.05) is 6.04 Å². The van der Waals surface area contributed by atoms with E-state index < -0.39 is 58.2 Å². The molecule has 4 atom stereocenters. The lowest BCUT2D eigenvalue weighted by Gasteiger charge is -2.28. The second-order valence-corrected chi connectivity index (χ2v) is 14.5. The number of hydrogen-bond donors (Lipinski definition) is 4. The van der Waals surface area contributed by atoms with E-state index in [0.717, 1.165) is 11.6 Å². The maximum atomic E-state index is 13.6. The third kappa shape index (κ3) is 17.9. The van der Waals surface area contributed by atoms with Crippen LogP contribution >= 0.6 is 0 Å². The Hall–Kier alpha value is -3.48. The minimum absolute atomic E-state index is 0.0102. The first-order valence-corrected chi connectivity index (χ1v) is 17.3. The van der Waals surface area contributed by atoms with Crippen LogP contribution in [0.5, 0.6) is 0 Å². The van der Waals surface area contributed by atoms with E-state index >= 15 is 0 Å². The molecule has 1 rings (SSSR count). The normalized spacial score (nSPS) is 14.6. The predicted octanol–water partition coefficient (Wildman–Crippen LogP) is 4.73. The number of halogens is 1. The van der Waals surface area contributed by atoms with Crippen LogP contribution in [-0.2, 0) is 36.0 Å². The molecule has 0 heterocycles. The van der Waals surface area contributed by atoms with E-state index in [9.17, 15) is 31.5 Å². The van der Waals surface area contributed by atoms with Gasteiger partial charge in [0.25, 0.3) is 0 Å². The fourth-order valence-corrected chi connectivity index (χ4v) is 5.10. The van der Waals surface area contributed by atoms with Crippen LogP contribution in [0, 0.1) is 23.7 Å². The van der Waals surface area contributed by atoms with Gasteiger partial charge in [-0.05, 0) is 61.0 Å². The van der Waals surface area contributed by atoms with Crippen molar-refractivity contribution in [2.45, 2.75) is 112 Å². The van der Waals surface area contributed by atoms with Crippen LogP contribution in [0.25, 0.3) is 0 Å². The average molecular weight is 669 g/mol. The van der Waals surface area contributed by atoms with Crippen LogP contribution in [0.15, 0.2) is 41.8 Å². The fraction of sp³-hybridized carbons (Fsp3) is 0.636. The number of amides is 4. The maximum Gasteiger partial charge on any atom is 0.408 e. The SMILES string of the molecule is CC(C)C[C@@H](/C=C/S(=O)(=O)F)NC(=O)[C@H](CC(C)C)NC(=O)[C@H](CC(C)C)NC(=O)[C@H](CC(C)C)NC(=O)OCc1ccccc1. The van der Waals surface area contributed by atoms with Crippen molar-refractivity contribution in [1.82, 2.24) is 21.3 Å². The van der Waals surface area contributed by atoms with Crippen LogP contribution in [0.2, 0.25) is 0 Å². The molecule has 0 radical (unpaired) electrons. The van der Waals surface area contributed by atoms with E-state index in [-0.39, 0.29) is 43.1 Å². The third-order valence-electron chi connectivity index (χ3n) is 6.74. The van der Waals surface area contributed by atoms with E-state index in [2.05, 4.69) is 21.3 Å². The topological polar surface area (TPSA) is 160 Å². The van der Waals surface area contributed by atoms with Crippen molar-refractivity contribution in [3.8, 4) is 0 Å². The van der Waals surface area contributed by atoms with Crippen molar-refractivity contribution in [3.63, 3.8) is 0 Å². The van der Waals surface area contributed by atoms with Gasteiger partial charge in [-0.3, -0.25) is 14.4 Å². The van der Waals surface area contributed by atoms with Crippen LogP contribution in [-0.4, -0.2) is 56.4 Å². The van der Waals surface area contributed by atoms with Gasteiger partial charge in [-0.2, -0.15) is 8.42 Å². The van der Waals surface area contributed by atoms with Crippen LogP contribution in [0.1, 0.15) is 86.6 Å². The van der Waals surface area contributed by atoms with Crippen molar-refractivity contribution in [2.24, 2.45) is 23.7 Å². The molecule has 0 bridgehead atoms. The Morgan fingerprint density at radius 1 is 0.674 bits per heavy atom. The number of ether oxygens (including phenoxy) is 1. The molecule has 46 heavy (non-hydrogen) atoms. The second-order valence-electron chi connectivity index (χ2n) is 13.3. The van der Waals surface area contributed by atoms with Crippen molar-refractivity contribution in [3.05, 3.63) is 47.4 Å². The fourth-order valence-electron chi connectivity index (χ4n) is 4.73. The summed E-state index contributed by atoms with van der Waals surface area (Å²) in [6, 6.07) is 5.31. The quantitative estimate of drug-likeness (QED) is 0.155. The summed E-state index contributed by atoms with van der Waals surface area (Å²) in [6.07, 6.45) is 1.45. The van der Waals surface area contributed by atoms with E-state index in [0.29, 0.717) is 18.2 Å². The molecule has 1 aromatic carbocycles. The van der Waals surface area contributed by atoms with Crippen molar-refractivity contribution in [2.75, 3.05) is 0 Å². The van der Waals surface area contributed by atoms with Crippen molar-refractivity contribution in [1.29, 1.82) is 0 Å². The highest BCUT2D eigenvalue weighted by atomic mass is 32.3. The molecule has 0 aliphatic rings. The summed E-state index contributed by atoms with van der Waals surface area (Å²) in [5.74, 6) is -1.66. The van der Waals surface area contributed by atoms with E-state index in [4.69, 9.17) is 4.74 Å². The van der Waals surface area contributed by atoms with E-state index in [1.807, 2.05) is 85.7 Å². The zero-order chi connectivity index (χ0) is 35.0. The molecule has 4 N–H and O–H groups in total. The summed E-state index contributed by atoms with van der Waals surface area (Å²) in [4.78, 5) is 53.0. The Morgan fingerprint density at radius 2 is 1.09 bits per heavy atom. The van der Waals surface area contributed by atoms with Gasteiger partial charge in [-0.1, -0.05) is 85.7 Å². The summed E-state index contributed by atoms with van der Waals surface area (Å²) in [6.45, 7) is 15.1. The van der Waals surface area contributed by atoms with Crippen LogP contribution in [0.3, 0.4) is 0 Å². The van der Waals surface area contributed by atoms with Gasteiger partial charge in [0.2, 0.25) is 17.7 Å². The Kier molecular flexibility index (Phi) is 17.5. The lowest BCUT2D eigenvalue weighted by Crippen LogP contribution is -2.57. The molecule has 0 unspecified atom stereocenters. The number of carbonyl (C=O) groups excluding carboxylic acids is 4.